The van der Waals surface area contributed by atoms with Gasteiger partial charge in [-0.15, -0.1) is 0 Å². The maximum Gasteiger partial charge on any atom is 0.362 e. The minimum absolute atomic E-state index is 0.206. The zero-order chi connectivity index (χ0) is 30.2. The average molecular weight is 568 g/mol. The smallest absolute Gasteiger partial charge is 0.362 e. The third kappa shape index (κ3) is 14.1. The average Bonchev–Trinajstić information content (AvgIpc) is 2.91. The first-order valence-corrected chi connectivity index (χ1v) is 16.4. The van der Waals surface area contributed by atoms with E-state index in [1.807, 2.05) is 20.8 Å². The van der Waals surface area contributed by atoms with Crippen LogP contribution in [0.1, 0.15) is 156 Å². The number of carbonyl (C=O) groups is 3. The van der Waals surface area contributed by atoms with Crippen molar-refractivity contribution in [3.8, 4) is 0 Å². The van der Waals surface area contributed by atoms with Gasteiger partial charge in [0, 0.05) is 19.3 Å². The molecule has 0 saturated carbocycles. The van der Waals surface area contributed by atoms with Gasteiger partial charge in [0.2, 0.25) is 0 Å². The second-order valence-corrected chi connectivity index (χ2v) is 11.6. The number of carbonyl (C=O) groups excluding carboxylic acids is 1. The highest BCUT2D eigenvalue weighted by Crippen LogP contribution is 2.34. The molecule has 0 radical (unpaired) electrons. The number of aliphatic carboxylic acids is 3. The monoisotopic (exact) mass is 567 g/mol. The van der Waals surface area contributed by atoms with Crippen LogP contribution in [-0.4, -0.2) is 57.3 Å². The van der Waals surface area contributed by atoms with Gasteiger partial charge in [0.1, 0.15) is 6.04 Å². The lowest BCUT2D eigenvalue weighted by Gasteiger charge is -2.52. The van der Waals surface area contributed by atoms with Crippen LogP contribution in [0.15, 0.2) is 12.2 Å². The van der Waals surface area contributed by atoms with E-state index in [2.05, 4.69) is 19.1 Å². The molecule has 7 nitrogen and oxygen atoms in total. The lowest BCUT2D eigenvalue weighted by atomic mass is 9.91. The van der Waals surface area contributed by atoms with Gasteiger partial charge in [0.15, 0.2) is 12.1 Å². The number of nitrogens with zero attached hydrogens (tertiary/aromatic N) is 1. The third-order valence-electron chi connectivity index (χ3n) is 8.33. The van der Waals surface area contributed by atoms with Gasteiger partial charge < -0.3 is 20.1 Å². The molecule has 0 aliphatic rings. The van der Waals surface area contributed by atoms with Crippen molar-refractivity contribution in [2.45, 2.75) is 174 Å². The lowest BCUT2D eigenvalue weighted by molar-refractivity contribution is -0.975. The SMILES string of the molecule is CCCCCC/C=C/CCCCCCCCCC[N+](C(CCC)C(=O)[O-])(C(CCC)C(=O)O)C(CCC)C(=O)O. The second-order valence-electron chi connectivity index (χ2n) is 11.6. The summed E-state index contributed by atoms with van der Waals surface area (Å²) in [5.74, 6) is -3.56. The van der Waals surface area contributed by atoms with E-state index in [0.29, 0.717) is 25.7 Å². The first-order valence-electron chi connectivity index (χ1n) is 16.4. The molecule has 3 unspecified atom stereocenters. The molecule has 40 heavy (non-hydrogen) atoms. The Labute approximate surface area is 245 Å². The summed E-state index contributed by atoms with van der Waals surface area (Å²) in [6.07, 6.45) is 22.8. The van der Waals surface area contributed by atoms with Crippen molar-refractivity contribution in [2.75, 3.05) is 6.54 Å². The summed E-state index contributed by atoms with van der Waals surface area (Å²) in [5, 5.41) is 32.9. The molecular weight excluding hydrogens is 506 g/mol. The Hall–Kier alpha value is -1.89. The molecule has 2 N–H and O–H groups in total. The van der Waals surface area contributed by atoms with Gasteiger partial charge in [0.25, 0.3) is 0 Å². The fourth-order valence-electron chi connectivity index (χ4n) is 6.27. The summed E-state index contributed by atoms with van der Waals surface area (Å²) < 4.78 is -0.436. The van der Waals surface area contributed by atoms with Gasteiger partial charge in [-0.25, -0.2) is 9.59 Å². The van der Waals surface area contributed by atoms with Crippen LogP contribution in [0.25, 0.3) is 0 Å². The minimum Gasteiger partial charge on any atom is -0.544 e. The van der Waals surface area contributed by atoms with Crippen molar-refractivity contribution < 1.29 is 34.2 Å². The topological polar surface area (TPSA) is 115 Å². The highest BCUT2D eigenvalue weighted by atomic mass is 16.4. The number of unbranched alkanes of at least 4 members (excludes halogenated alkanes) is 12. The van der Waals surface area contributed by atoms with Crippen molar-refractivity contribution in [1.29, 1.82) is 0 Å². The van der Waals surface area contributed by atoms with Gasteiger partial charge in [-0.1, -0.05) is 97.6 Å². The Morgan fingerprint density at radius 3 is 1.32 bits per heavy atom. The molecule has 0 aliphatic carbocycles. The molecule has 0 amide bonds. The van der Waals surface area contributed by atoms with Crippen molar-refractivity contribution in [3.63, 3.8) is 0 Å². The normalized spacial score (nSPS) is 15.5. The van der Waals surface area contributed by atoms with Crippen molar-refractivity contribution in [1.82, 2.24) is 0 Å². The molecule has 0 aliphatic heterocycles. The standard InChI is InChI=1S/C33H61NO6/c1-5-9-10-11-12-13-14-15-16-17-18-19-20-21-22-23-27-34(28(24-6-2)31(35)36,29(25-7-3)32(37)38)30(26-8-4)33(39)40/h13-14,28-30H,5-12,15-27H2,1-4H3,(H2-,35,36,37,38,39,40)/b14-13+. The van der Waals surface area contributed by atoms with E-state index >= 15 is 0 Å². The summed E-state index contributed by atoms with van der Waals surface area (Å²) in [6, 6.07) is -3.33. The van der Waals surface area contributed by atoms with Crippen LogP contribution in [0.5, 0.6) is 0 Å². The molecule has 0 aromatic heterocycles. The largest absolute Gasteiger partial charge is 0.544 e. The molecular formula is C33H61NO6. The Morgan fingerprint density at radius 1 is 0.575 bits per heavy atom. The van der Waals surface area contributed by atoms with Crippen LogP contribution < -0.4 is 5.11 Å². The number of allylic oxidation sites excluding steroid dienone is 2. The van der Waals surface area contributed by atoms with Crippen molar-refractivity contribution >= 4 is 17.9 Å². The zero-order valence-corrected chi connectivity index (χ0v) is 26.2. The molecule has 0 saturated heterocycles. The van der Waals surface area contributed by atoms with E-state index in [0.717, 1.165) is 32.1 Å². The number of carboxylic acids is 3. The molecule has 0 bridgehead atoms. The van der Waals surface area contributed by atoms with Crippen molar-refractivity contribution in [3.05, 3.63) is 12.2 Å². The number of hydrogen-bond acceptors (Lipinski definition) is 4. The zero-order valence-electron chi connectivity index (χ0n) is 26.2. The van der Waals surface area contributed by atoms with Crippen LogP contribution in [0.3, 0.4) is 0 Å². The van der Waals surface area contributed by atoms with E-state index in [9.17, 15) is 29.7 Å². The van der Waals surface area contributed by atoms with E-state index in [1.54, 1.807) is 0 Å². The fourth-order valence-corrected chi connectivity index (χ4v) is 6.27. The quantitative estimate of drug-likeness (QED) is 0.0584. The molecule has 0 fully saturated rings. The summed E-state index contributed by atoms with van der Waals surface area (Å²) >= 11 is 0. The highest BCUT2D eigenvalue weighted by molar-refractivity contribution is 5.77. The molecule has 234 valence electrons. The maximum atomic E-state index is 12.5. The molecule has 0 spiro atoms. The Morgan fingerprint density at radius 2 is 0.950 bits per heavy atom. The van der Waals surface area contributed by atoms with E-state index in [1.165, 1.54) is 51.4 Å². The van der Waals surface area contributed by atoms with Crippen LogP contribution in [-0.2, 0) is 14.4 Å². The first kappa shape index (κ1) is 38.1. The molecule has 7 heteroatoms. The van der Waals surface area contributed by atoms with Crippen LogP contribution >= 0.6 is 0 Å². The van der Waals surface area contributed by atoms with E-state index in [-0.39, 0.29) is 25.8 Å². The first-order chi connectivity index (χ1) is 19.2. The van der Waals surface area contributed by atoms with Gasteiger partial charge in [0.05, 0.1) is 12.5 Å². The Bertz CT molecular complexity index is 647. The van der Waals surface area contributed by atoms with Crippen LogP contribution in [0, 0.1) is 0 Å². The number of hydrogen-bond donors (Lipinski definition) is 2. The highest BCUT2D eigenvalue weighted by Gasteiger charge is 2.54. The Kier molecular flexibility index (Phi) is 22.7. The van der Waals surface area contributed by atoms with Gasteiger partial charge in [-0.05, 0) is 51.4 Å². The molecule has 0 aromatic carbocycles. The van der Waals surface area contributed by atoms with E-state index in [4.69, 9.17) is 0 Å². The molecule has 3 atom stereocenters. The summed E-state index contributed by atoms with van der Waals surface area (Å²) in [7, 11) is 0. The number of quaternary nitrogens is 1. The predicted molar refractivity (Wildman–Crippen MR) is 161 cm³/mol. The summed E-state index contributed by atoms with van der Waals surface area (Å²) in [6.45, 7) is 8.04. The van der Waals surface area contributed by atoms with Crippen LogP contribution in [0.4, 0.5) is 0 Å². The lowest BCUT2D eigenvalue weighted by Crippen LogP contribution is -2.74. The van der Waals surface area contributed by atoms with Gasteiger partial charge >= 0.3 is 11.9 Å². The number of carboxylic acid groups (broad SMARTS) is 3. The predicted octanol–water partition coefficient (Wildman–Crippen LogP) is 7.27. The summed E-state index contributed by atoms with van der Waals surface area (Å²) in [4.78, 5) is 37.5. The third-order valence-corrected chi connectivity index (χ3v) is 8.33. The van der Waals surface area contributed by atoms with Gasteiger partial charge in [-0.3, -0.25) is 4.48 Å². The molecule has 0 heterocycles. The fraction of sp³-hybridized carbons (Fsp3) is 0.848. The van der Waals surface area contributed by atoms with Gasteiger partial charge in [-0.2, -0.15) is 0 Å². The molecule has 0 rings (SSSR count). The molecule has 0 aromatic rings. The minimum atomic E-state index is -1.34. The number of rotatable bonds is 28. The second kappa shape index (κ2) is 23.8. The van der Waals surface area contributed by atoms with Crippen LogP contribution in [0.2, 0.25) is 0 Å². The van der Waals surface area contributed by atoms with Crippen molar-refractivity contribution in [2.24, 2.45) is 0 Å². The maximum absolute atomic E-state index is 12.5. The Balaban J connectivity index is 5.12. The summed E-state index contributed by atoms with van der Waals surface area (Å²) in [5.41, 5.74) is 0. The van der Waals surface area contributed by atoms with E-state index < -0.39 is 40.5 Å².